The number of nitrogens with zero attached hydrogens (tertiary/aromatic N) is 1. The Labute approximate surface area is 125 Å². The highest BCUT2D eigenvalue weighted by Gasteiger charge is 2.26. The zero-order valence-electron chi connectivity index (χ0n) is 12.2. The molecule has 0 spiro atoms. The number of halogens is 4. The molecule has 2 N–H and O–H groups in total. The first kappa shape index (κ1) is 18.1. The number of hydrogen-bond acceptors (Lipinski definition) is 5. The summed E-state index contributed by atoms with van der Waals surface area (Å²) in [7, 11) is 1.69. The molecular weight excluding hydrogens is 306 g/mol. The minimum atomic E-state index is -1.79. The van der Waals surface area contributed by atoms with Gasteiger partial charge in [-0.25, -0.2) is 4.79 Å². The zero-order chi connectivity index (χ0) is 16.7. The molecule has 0 bridgehead atoms. The molecule has 0 saturated carbocycles. The Hall–Kier alpha value is -1.90. The average Bonchev–Trinajstić information content (AvgIpc) is 2.48. The van der Waals surface area contributed by atoms with Crippen molar-refractivity contribution >= 4 is 11.7 Å². The Morgan fingerprint density at radius 3 is 2.32 bits per heavy atom. The lowest BCUT2D eigenvalue weighted by molar-refractivity contribution is -0.144. The summed E-state index contributed by atoms with van der Waals surface area (Å²) in [6.45, 7) is 2.17. The first-order valence-electron chi connectivity index (χ1n) is 6.70. The van der Waals surface area contributed by atoms with Gasteiger partial charge in [0.15, 0.2) is 0 Å². The molecule has 0 amide bonds. The van der Waals surface area contributed by atoms with E-state index < -0.39 is 41.2 Å². The molecule has 1 atom stereocenters. The maximum absolute atomic E-state index is 13.6. The van der Waals surface area contributed by atoms with Gasteiger partial charge in [-0.05, 0) is 33.4 Å². The van der Waals surface area contributed by atoms with Crippen molar-refractivity contribution in [3.63, 3.8) is 0 Å². The molecule has 124 valence electrons. The first-order valence-corrected chi connectivity index (χ1v) is 6.70. The largest absolute Gasteiger partial charge is 0.464 e. The number of nitrogens with one attached hydrogen (secondary N) is 2. The van der Waals surface area contributed by atoms with Crippen LogP contribution >= 0.6 is 0 Å². The summed E-state index contributed by atoms with van der Waals surface area (Å²) in [6.07, 6.45) is 0.635. The van der Waals surface area contributed by atoms with Crippen LogP contribution in [0.15, 0.2) is 0 Å². The van der Waals surface area contributed by atoms with Gasteiger partial charge >= 0.3 is 5.97 Å². The molecular formula is C13H17F4N3O2. The monoisotopic (exact) mass is 323 g/mol. The minimum absolute atomic E-state index is 0.0626. The van der Waals surface area contributed by atoms with Crippen LogP contribution in [0.5, 0.6) is 0 Å². The van der Waals surface area contributed by atoms with Crippen molar-refractivity contribution < 1.29 is 27.1 Å². The van der Waals surface area contributed by atoms with E-state index >= 15 is 0 Å². The van der Waals surface area contributed by atoms with Crippen molar-refractivity contribution in [2.45, 2.75) is 25.8 Å². The summed E-state index contributed by atoms with van der Waals surface area (Å²) < 4.78 is 58.1. The topological polar surface area (TPSA) is 63.2 Å². The van der Waals surface area contributed by atoms with Gasteiger partial charge in [-0.3, -0.25) is 0 Å². The number of hydrogen-bond donors (Lipinski definition) is 2. The fourth-order valence-electron chi connectivity index (χ4n) is 1.76. The SMILES string of the molecule is CCOC(=O)C(CCCNC)Nc1c(F)c(F)nc(F)c1F. The van der Waals surface area contributed by atoms with E-state index in [0.717, 1.165) is 0 Å². The molecule has 1 aromatic rings. The highest BCUT2D eigenvalue weighted by atomic mass is 19.2. The zero-order valence-corrected chi connectivity index (χ0v) is 12.2. The highest BCUT2D eigenvalue weighted by molar-refractivity contribution is 5.79. The van der Waals surface area contributed by atoms with Crippen molar-refractivity contribution in [2.24, 2.45) is 0 Å². The molecule has 1 rings (SSSR count). The first-order chi connectivity index (χ1) is 10.4. The third kappa shape index (κ3) is 4.55. The lowest BCUT2D eigenvalue weighted by Gasteiger charge is -2.19. The summed E-state index contributed by atoms with van der Waals surface area (Å²) in [5.41, 5.74) is -1.08. The lowest BCUT2D eigenvalue weighted by Crippen LogP contribution is -2.33. The molecule has 0 aliphatic carbocycles. The van der Waals surface area contributed by atoms with Gasteiger partial charge in [0.25, 0.3) is 11.9 Å². The van der Waals surface area contributed by atoms with Gasteiger partial charge in [0.05, 0.1) is 6.61 Å². The third-order valence-electron chi connectivity index (χ3n) is 2.81. The predicted octanol–water partition coefficient (Wildman–Crippen LogP) is 1.98. The summed E-state index contributed by atoms with van der Waals surface area (Å²) >= 11 is 0. The van der Waals surface area contributed by atoms with Gasteiger partial charge in [0.2, 0.25) is 11.6 Å². The normalized spacial score (nSPS) is 12.1. The number of carbonyl (C=O) groups excluding carboxylic acids is 1. The quantitative estimate of drug-likeness (QED) is 0.331. The van der Waals surface area contributed by atoms with Crippen LogP contribution in [0.2, 0.25) is 0 Å². The average molecular weight is 323 g/mol. The predicted molar refractivity (Wildman–Crippen MR) is 71.3 cm³/mol. The number of esters is 1. The van der Waals surface area contributed by atoms with Crippen LogP contribution in [-0.2, 0) is 9.53 Å². The van der Waals surface area contributed by atoms with Crippen molar-refractivity contribution in [3.8, 4) is 0 Å². The molecule has 22 heavy (non-hydrogen) atoms. The van der Waals surface area contributed by atoms with E-state index in [0.29, 0.717) is 13.0 Å². The minimum Gasteiger partial charge on any atom is -0.464 e. The van der Waals surface area contributed by atoms with Crippen molar-refractivity contribution in [3.05, 3.63) is 23.5 Å². The molecule has 0 aromatic carbocycles. The maximum Gasteiger partial charge on any atom is 0.328 e. The fourth-order valence-corrected chi connectivity index (χ4v) is 1.76. The van der Waals surface area contributed by atoms with Crippen LogP contribution in [-0.4, -0.2) is 37.2 Å². The highest BCUT2D eigenvalue weighted by Crippen LogP contribution is 2.23. The Bertz CT molecular complexity index is 502. The number of rotatable bonds is 8. The van der Waals surface area contributed by atoms with Crippen molar-refractivity contribution in [2.75, 3.05) is 25.5 Å². The number of aromatic nitrogens is 1. The summed E-state index contributed by atoms with van der Waals surface area (Å²) in [5.74, 6) is -7.74. The molecule has 5 nitrogen and oxygen atoms in total. The second-order valence-corrected chi connectivity index (χ2v) is 4.39. The standard InChI is InChI=1S/C13H17F4N3O2/c1-3-22-13(21)7(5-4-6-18-2)19-10-8(14)11(16)20-12(17)9(10)15/h7,18H,3-6H2,1-2H3,(H,19,20). The molecule has 1 unspecified atom stereocenters. The van der Waals surface area contributed by atoms with E-state index in [-0.39, 0.29) is 13.0 Å². The van der Waals surface area contributed by atoms with Gasteiger partial charge in [-0.1, -0.05) is 0 Å². The van der Waals surface area contributed by atoms with E-state index in [9.17, 15) is 22.4 Å². The molecule has 0 radical (unpaired) electrons. The van der Waals surface area contributed by atoms with Crippen molar-refractivity contribution in [1.29, 1.82) is 0 Å². The third-order valence-corrected chi connectivity index (χ3v) is 2.81. The van der Waals surface area contributed by atoms with Crippen LogP contribution in [0.3, 0.4) is 0 Å². The van der Waals surface area contributed by atoms with Crippen LogP contribution in [0.25, 0.3) is 0 Å². The van der Waals surface area contributed by atoms with E-state index in [4.69, 9.17) is 4.74 Å². The molecule has 0 fully saturated rings. The van der Waals surface area contributed by atoms with Gasteiger partial charge in [0, 0.05) is 0 Å². The van der Waals surface area contributed by atoms with Gasteiger partial charge in [-0.2, -0.15) is 22.5 Å². The molecule has 9 heteroatoms. The van der Waals surface area contributed by atoms with E-state index in [1.807, 2.05) is 0 Å². The second kappa shape index (κ2) is 8.52. The number of anilines is 1. The van der Waals surface area contributed by atoms with Crippen LogP contribution in [0.4, 0.5) is 23.2 Å². The smallest absolute Gasteiger partial charge is 0.328 e. The van der Waals surface area contributed by atoms with E-state index in [2.05, 4.69) is 15.6 Å². The Morgan fingerprint density at radius 1 is 1.23 bits per heavy atom. The van der Waals surface area contributed by atoms with Crippen molar-refractivity contribution in [1.82, 2.24) is 10.3 Å². The number of ether oxygens (including phenoxy) is 1. The molecule has 1 aromatic heterocycles. The molecule has 0 aliphatic heterocycles. The van der Waals surface area contributed by atoms with Gasteiger partial charge in [0.1, 0.15) is 11.7 Å². The van der Waals surface area contributed by atoms with Crippen LogP contribution < -0.4 is 10.6 Å². The van der Waals surface area contributed by atoms with Gasteiger partial charge in [-0.15, -0.1) is 0 Å². The summed E-state index contributed by atoms with van der Waals surface area (Å²) in [5, 5.41) is 5.01. The second-order valence-electron chi connectivity index (χ2n) is 4.39. The molecule has 1 heterocycles. The van der Waals surface area contributed by atoms with Crippen LogP contribution in [0, 0.1) is 23.5 Å². The molecule has 0 aliphatic rings. The molecule has 0 saturated heterocycles. The summed E-state index contributed by atoms with van der Waals surface area (Å²) in [6, 6.07) is -1.14. The van der Waals surface area contributed by atoms with E-state index in [1.54, 1.807) is 14.0 Å². The Balaban J connectivity index is 3.00. The fraction of sp³-hybridized carbons (Fsp3) is 0.538. The number of carbonyl (C=O) groups is 1. The lowest BCUT2D eigenvalue weighted by atomic mass is 10.1. The van der Waals surface area contributed by atoms with Crippen LogP contribution in [0.1, 0.15) is 19.8 Å². The van der Waals surface area contributed by atoms with E-state index in [1.165, 1.54) is 0 Å². The Kier molecular flexibility index (Phi) is 7.03. The Morgan fingerprint density at radius 2 is 1.82 bits per heavy atom. The maximum atomic E-state index is 13.6. The van der Waals surface area contributed by atoms with Gasteiger partial charge < -0.3 is 15.4 Å². The number of pyridine rings is 1. The summed E-state index contributed by atoms with van der Waals surface area (Å²) in [4.78, 5) is 14.2.